The molecule has 11 heteroatoms. The molecule has 3 aromatic rings. The monoisotopic (exact) mass is 613 g/mol. The summed E-state index contributed by atoms with van der Waals surface area (Å²) in [5.41, 5.74) is 15.5. The smallest absolute Gasteiger partial charge is 0.748 e. The van der Waals surface area contributed by atoms with E-state index in [0.29, 0.717) is 16.9 Å². The number of hydrogen-bond acceptors (Lipinski definition) is 7. The number of aliphatic imine (C=N–C) groups is 1. The molecule has 6 N–H and O–H groups in total. The van der Waals surface area contributed by atoms with Crippen molar-refractivity contribution in [3.05, 3.63) is 107 Å². The number of phenolic OH excluding ortho intramolecular Hbond substituents is 1. The topological polar surface area (TPSA) is 171 Å². The van der Waals surface area contributed by atoms with E-state index < -0.39 is 33.6 Å². The Labute approximate surface area is 274 Å². The maximum absolute atomic E-state index is 12.9. The van der Waals surface area contributed by atoms with Gasteiger partial charge in [-0.1, -0.05) is 61.5 Å². The molecule has 0 radical (unpaired) electrons. The van der Waals surface area contributed by atoms with Crippen LogP contribution < -0.4 is 45.8 Å². The molecule has 3 heterocycles. The van der Waals surface area contributed by atoms with Crippen LogP contribution in [-0.4, -0.2) is 34.4 Å². The largest absolute Gasteiger partial charge is 1.00 e. The van der Waals surface area contributed by atoms with Crippen molar-refractivity contribution in [2.45, 2.75) is 56.1 Å². The quantitative estimate of drug-likeness (QED) is 0.109. The minimum Gasteiger partial charge on any atom is -0.748 e. The van der Waals surface area contributed by atoms with E-state index in [2.05, 4.69) is 11.9 Å². The Balaban J connectivity index is 0.00000423. The Kier molecular flexibility index (Phi) is 10.6. The maximum atomic E-state index is 12.9. The number of nitrogens with two attached hydrogens (primary N) is 2. The summed E-state index contributed by atoms with van der Waals surface area (Å²) in [4.78, 5) is 4.29. The molecule has 3 aliphatic heterocycles. The third-order valence-electron chi connectivity index (χ3n) is 8.43. The number of guanidine groups is 1. The third-order valence-corrected chi connectivity index (χ3v) is 9.71. The van der Waals surface area contributed by atoms with Crippen LogP contribution in [0.15, 0.2) is 83.9 Å². The van der Waals surface area contributed by atoms with Crippen LogP contribution in [0.5, 0.6) is 11.5 Å². The van der Waals surface area contributed by atoms with E-state index in [1.54, 1.807) is 18.2 Å². The maximum Gasteiger partial charge on any atom is 1.00 e. The number of aliphatic hydroxyl groups is 1. The molecule has 222 valence electrons. The van der Waals surface area contributed by atoms with E-state index in [1.165, 1.54) is 18.2 Å². The average Bonchev–Trinajstić information content (AvgIpc) is 2.95. The van der Waals surface area contributed by atoms with Gasteiger partial charge in [-0.05, 0) is 90.0 Å². The first kappa shape index (κ1) is 33.0. The number of aryl methyl sites for hydroxylation is 1. The third kappa shape index (κ3) is 8.00. The van der Waals surface area contributed by atoms with Gasteiger partial charge < -0.3 is 31.0 Å². The number of fused-ring (bicyclic) bond motifs is 2. The van der Waals surface area contributed by atoms with Gasteiger partial charge in [0.2, 0.25) is 6.23 Å². The summed E-state index contributed by atoms with van der Waals surface area (Å²) in [7, 11) is -4.74. The van der Waals surface area contributed by atoms with Gasteiger partial charge in [0, 0.05) is 5.56 Å². The van der Waals surface area contributed by atoms with Crippen molar-refractivity contribution in [1.82, 2.24) is 0 Å². The number of allylic oxidation sites excluding steroid dienone is 1. The molecule has 6 atom stereocenters. The summed E-state index contributed by atoms with van der Waals surface area (Å²) in [5, 5.41) is 19.2. The fourth-order valence-electron chi connectivity index (χ4n) is 6.12. The predicted octanol–water partition coefficient (Wildman–Crippen LogP) is 1.18. The Morgan fingerprint density at radius 2 is 1.79 bits per heavy atom. The van der Waals surface area contributed by atoms with Gasteiger partial charge in [0.05, 0.1) is 21.5 Å². The zero-order valence-corrected chi connectivity index (χ0v) is 27.2. The predicted molar refractivity (Wildman–Crippen MR) is 160 cm³/mol. The number of aliphatic hydroxyl groups excluding tert-OH is 1. The number of nitrogens with zero attached hydrogens (tertiary/aromatic N) is 1. The average molecular weight is 614 g/mol. The molecule has 0 saturated heterocycles. The van der Waals surface area contributed by atoms with Crippen LogP contribution in [0.1, 0.15) is 65.8 Å². The summed E-state index contributed by atoms with van der Waals surface area (Å²) in [6.45, 7) is 2.09. The van der Waals surface area contributed by atoms with Crippen LogP contribution >= 0.6 is 0 Å². The summed E-state index contributed by atoms with van der Waals surface area (Å²) in [5.74, 6) is -0.168. The first-order chi connectivity index (χ1) is 20.0. The van der Waals surface area contributed by atoms with Gasteiger partial charge in [0.25, 0.3) is 0 Å². The van der Waals surface area contributed by atoms with Crippen LogP contribution in [0.2, 0.25) is 0 Å². The fourth-order valence-corrected chi connectivity index (χ4v) is 7.18. The first-order valence-corrected chi connectivity index (χ1v) is 15.5. The molecule has 0 saturated carbocycles. The van der Waals surface area contributed by atoms with Crippen LogP contribution in [0.4, 0.5) is 0 Å². The van der Waals surface area contributed by atoms with Gasteiger partial charge in [-0.3, -0.25) is 0 Å². The molecule has 9 nitrogen and oxygen atoms in total. The Hall–Kier alpha value is -2.86. The number of benzene rings is 3. The molecule has 0 amide bonds. The molecule has 7 rings (SSSR count). The van der Waals surface area contributed by atoms with E-state index in [1.807, 2.05) is 42.5 Å². The number of phenols is 1. The number of hydrogen-bond donors (Lipinski definition) is 4. The second-order valence-corrected chi connectivity index (χ2v) is 12.9. The number of ether oxygens (including phenoxy) is 1. The fraction of sp³-hybridized carbons (Fsp3) is 0.344. The van der Waals surface area contributed by atoms with Gasteiger partial charge in [-0.2, -0.15) is 0 Å². The number of rotatable bonds is 5. The summed E-state index contributed by atoms with van der Waals surface area (Å²) in [6.07, 6.45) is 3.37. The van der Waals surface area contributed by atoms with Crippen LogP contribution in [0.25, 0.3) is 0 Å². The Morgan fingerprint density at radius 1 is 1.09 bits per heavy atom. The molecular formula is C32H36N3NaO6S. The minimum absolute atomic E-state index is 0. The van der Waals surface area contributed by atoms with Crippen molar-refractivity contribution in [2.24, 2.45) is 28.3 Å². The van der Waals surface area contributed by atoms with Crippen molar-refractivity contribution in [3.63, 3.8) is 0 Å². The molecule has 6 bridgehead atoms. The molecule has 0 aromatic heterocycles. The van der Waals surface area contributed by atoms with Gasteiger partial charge in [0.15, 0.2) is 5.96 Å². The van der Waals surface area contributed by atoms with Gasteiger partial charge in [0.1, 0.15) is 11.5 Å². The van der Waals surface area contributed by atoms with Gasteiger partial charge >= 0.3 is 29.6 Å². The van der Waals surface area contributed by atoms with E-state index >= 15 is 0 Å². The Morgan fingerprint density at radius 3 is 2.44 bits per heavy atom. The minimum atomic E-state index is -4.74. The molecular weight excluding hydrogens is 577 g/mol. The molecule has 3 aromatic carbocycles. The van der Waals surface area contributed by atoms with Gasteiger partial charge in [-0.15, -0.1) is 0 Å². The van der Waals surface area contributed by atoms with Crippen molar-refractivity contribution in [3.8, 4) is 11.5 Å². The van der Waals surface area contributed by atoms with E-state index in [0.717, 1.165) is 29.5 Å². The second kappa shape index (κ2) is 13.8. The zero-order valence-electron chi connectivity index (χ0n) is 24.3. The van der Waals surface area contributed by atoms with E-state index in [9.17, 15) is 23.2 Å². The van der Waals surface area contributed by atoms with Gasteiger partial charge in [-0.25, -0.2) is 13.4 Å². The van der Waals surface area contributed by atoms with Crippen molar-refractivity contribution in [1.29, 1.82) is 0 Å². The standard InChI is InChI=1S/C32H37N3O6S.Na/c1-19-2-5-23-17-26-13-14-27(23)28(19)18-30(42(38,39)40)24(10-15-29(37)21-8-11-25(36)12-9-21)16-20-3-6-22(7-4-20)31(41-26)35-32(33)34;/h3-4,6-15,17,19,24,28-31,36-37H,2,5,16,18H2,1H3,(H4,33,34,35)(H,38,39,40);/q;+1/p-1/b15-10+;/t19-,24+,28-,29+,30+,31+;/m0./s1. The molecule has 43 heavy (non-hydrogen) atoms. The summed E-state index contributed by atoms with van der Waals surface area (Å²) < 4.78 is 45.0. The van der Waals surface area contributed by atoms with Crippen molar-refractivity contribution < 1.29 is 57.5 Å². The summed E-state index contributed by atoms with van der Waals surface area (Å²) in [6, 6.07) is 19.2. The van der Waals surface area contributed by atoms with Crippen molar-refractivity contribution >= 4 is 16.1 Å². The number of aromatic hydroxyl groups is 1. The molecule has 4 aliphatic rings. The van der Waals surface area contributed by atoms with Crippen LogP contribution in [0, 0.1) is 11.8 Å². The zero-order chi connectivity index (χ0) is 30.0. The molecule has 0 fully saturated rings. The first-order valence-electron chi connectivity index (χ1n) is 14.0. The van der Waals surface area contributed by atoms with Crippen molar-refractivity contribution in [2.75, 3.05) is 0 Å². The molecule has 1 aliphatic carbocycles. The SMILES string of the molecule is C[C@H]1CCc2cc3ccc2[C@H]1C[C@@H](S(=O)(=O)[O-])[C@H](/C=C/[C@@H](O)c1ccc(O)cc1)Cc1ccc(cc1)[C@H](N=C(N)N)O3.[Na+]. The van der Waals surface area contributed by atoms with E-state index in [-0.39, 0.29) is 65.9 Å². The summed E-state index contributed by atoms with van der Waals surface area (Å²) >= 11 is 0. The van der Waals surface area contributed by atoms with E-state index in [4.69, 9.17) is 16.2 Å². The normalized spacial score (nSPS) is 24.3. The Bertz CT molecular complexity index is 1570. The molecule has 0 unspecified atom stereocenters. The second-order valence-electron chi connectivity index (χ2n) is 11.3. The van der Waals surface area contributed by atoms with Crippen LogP contribution in [-0.2, 0) is 23.0 Å². The molecule has 0 spiro atoms. The van der Waals surface area contributed by atoms with Crippen LogP contribution in [0.3, 0.4) is 0 Å².